The summed E-state index contributed by atoms with van der Waals surface area (Å²) >= 11 is 0. The summed E-state index contributed by atoms with van der Waals surface area (Å²) in [6.07, 6.45) is 4.19. The Labute approximate surface area is 146 Å². The monoisotopic (exact) mass is 348 g/mol. The molecule has 0 spiro atoms. The molecule has 3 amide bonds. The van der Waals surface area contributed by atoms with Gasteiger partial charge in [0.1, 0.15) is 0 Å². The minimum atomic E-state index is -0.679. The van der Waals surface area contributed by atoms with E-state index in [1.807, 2.05) is 0 Å². The van der Waals surface area contributed by atoms with Crippen LogP contribution < -0.4 is 10.6 Å². The Morgan fingerprint density at radius 1 is 1.16 bits per heavy atom. The van der Waals surface area contributed by atoms with Gasteiger partial charge < -0.3 is 15.2 Å². The number of nitrogens with one attached hydrogen (secondary N) is 2. The van der Waals surface area contributed by atoms with Crippen molar-refractivity contribution in [3.8, 4) is 0 Å². The van der Waals surface area contributed by atoms with Crippen LogP contribution >= 0.6 is 0 Å². The number of carbonyl (C=O) groups excluding carboxylic acids is 3. The van der Waals surface area contributed by atoms with Crippen molar-refractivity contribution < 1.29 is 24.2 Å². The SMILES string of the molecule is C[C@H]1CCCC[C@@H]1NC(=O)NC(=O)COC(=O)c1ccc(CO)cc1. The zero-order valence-electron chi connectivity index (χ0n) is 14.3. The van der Waals surface area contributed by atoms with Crippen LogP contribution in [0.2, 0.25) is 0 Å². The topological polar surface area (TPSA) is 105 Å². The lowest BCUT2D eigenvalue weighted by molar-refractivity contribution is -0.123. The first kappa shape index (κ1) is 18.9. The second-order valence-electron chi connectivity index (χ2n) is 6.32. The number of carbonyl (C=O) groups is 3. The van der Waals surface area contributed by atoms with Gasteiger partial charge in [0.15, 0.2) is 6.61 Å². The molecule has 2 atom stereocenters. The van der Waals surface area contributed by atoms with Crippen LogP contribution in [0.15, 0.2) is 24.3 Å². The van der Waals surface area contributed by atoms with Gasteiger partial charge in [0.05, 0.1) is 12.2 Å². The van der Waals surface area contributed by atoms with Crippen LogP contribution in [-0.4, -0.2) is 35.7 Å². The number of rotatable bonds is 5. The molecule has 0 bridgehead atoms. The van der Waals surface area contributed by atoms with E-state index in [9.17, 15) is 14.4 Å². The second-order valence-corrected chi connectivity index (χ2v) is 6.32. The highest BCUT2D eigenvalue weighted by Crippen LogP contribution is 2.23. The number of ether oxygens (including phenoxy) is 1. The molecule has 1 aliphatic rings. The van der Waals surface area contributed by atoms with Gasteiger partial charge in [-0.2, -0.15) is 0 Å². The molecule has 0 unspecified atom stereocenters. The minimum absolute atomic E-state index is 0.0640. The average Bonchev–Trinajstić information content (AvgIpc) is 2.61. The van der Waals surface area contributed by atoms with Gasteiger partial charge in [0.25, 0.3) is 5.91 Å². The third kappa shape index (κ3) is 5.86. The maximum Gasteiger partial charge on any atom is 0.338 e. The molecule has 7 heteroatoms. The van der Waals surface area contributed by atoms with Crippen molar-refractivity contribution >= 4 is 17.9 Å². The number of aliphatic hydroxyl groups is 1. The number of hydrogen-bond donors (Lipinski definition) is 3. The summed E-state index contributed by atoms with van der Waals surface area (Å²) in [6.45, 7) is 1.43. The number of imide groups is 1. The largest absolute Gasteiger partial charge is 0.452 e. The van der Waals surface area contributed by atoms with Gasteiger partial charge in [-0.3, -0.25) is 10.1 Å². The molecule has 3 N–H and O–H groups in total. The standard InChI is InChI=1S/C18H24N2O5/c1-12-4-2-3-5-15(12)19-18(24)20-16(22)11-25-17(23)14-8-6-13(10-21)7-9-14/h6-9,12,15,21H,2-5,10-11H2,1H3,(H2,19,20,22,24)/t12-,15-/m0/s1. The third-order valence-corrected chi connectivity index (χ3v) is 4.39. The van der Waals surface area contributed by atoms with Gasteiger partial charge in [-0.05, 0) is 36.5 Å². The van der Waals surface area contributed by atoms with Gasteiger partial charge in [0.2, 0.25) is 0 Å². The third-order valence-electron chi connectivity index (χ3n) is 4.39. The van der Waals surface area contributed by atoms with Gasteiger partial charge in [-0.15, -0.1) is 0 Å². The Balaban J connectivity index is 1.73. The van der Waals surface area contributed by atoms with Crippen molar-refractivity contribution in [2.45, 2.75) is 45.3 Å². The maximum absolute atomic E-state index is 11.8. The van der Waals surface area contributed by atoms with Crippen molar-refractivity contribution in [3.05, 3.63) is 35.4 Å². The van der Waals surface area contributed by atoms with Gasteiger partial charge in [-0.25, -0.2) is 9.59 Å². The summed E-state index contributed by atoms with van der Waals surface area (Å²) in [5.74, 6) is -0.962. The summed E-state index contributed by atoms with van der Waals surface area (Å²) in [7, 11) is 0. The second kappa shape index (κ2) is 9.17. The van der Waals surface area contributed by atoms with E-state index in [1.165, 1.54) is 12.1 Å². The average molecular weight is 348 g/mol. The van der Waals surface area contributed by atoms with Crippen LogP contribution in [0.3, 0.4) is 0 Å². The summed E-state index contributed by atoms with van der Waals surface area (Å²) in [5, 5.41) is 13.9. The van der Waals surface area contributed by atoms with Gasteiger partial charge >= 0.3 is 12.0 Å². The summed E-state index contributed by atoms with van der Waals surface area (Å²) in [5.41, 5.74) is 0.938. The quantitative estimate of drug-likeness (QED) is 0.703. The fourth-order valence-corrected chi connectivity index (χ4v) is 2.86. The molecule has 0 heterocycles. The molecule has 136 valence electrons. The predicted octanol–water partition coefficient (Wildman–Crippen LogP) is 1.74. The van der Waals surface area contributed by atoms with E-state index >= 15 is 0 Å². The number of benzene rings is 1. The lowest BCUT2D eigenvalue weighted by Crippen LogP contribution is -2.48. The van der Waals surface area contributed by atoms with E-state index in [-0.39, 0.29) is 18.2 Å². The Morgan fingerprint density at radius 3 is 2.48 bits per heavy atom. The Bertz CT molecular complexity index is 614. The zero-order valence-corrected chi connectivity index (χ0v) is 14.3. The van der Waals surface area contributed by atoms with E-state index in [0.29, 0.717) is 11.5 Å². The summed E-state index contributed by atoms with van der Waals surface area (Å²) < 4.78 is 4.88. The smallest absolute Gasteiger partial charge is 0.338 e. The highest BCUT2D eigenvalue weighted by molar-refractivity contribution is 5.97. The Morgan fingerprint density at radius 2 is 1.84 bits per heavy atom. The van der Waals surface area contributed by atoms with Crippen molar-refractivity contribution in [1.29, 1.82) is 0 Å². The molecule has 1 fully saturated rings. The Kier molecular flexibility index (Phi) is 6.94. The molecule has 1 aliphatic carbocycles. The number of amides is 3. The normalized spacial score (nSPS) is 19.8. The van der Waals surface area contributed by atoms with Crippen LogP contribution in [0.1, 0.15) is 48.5 Å². The molecule has 2 rings (SSSR count). The van der Waals surface area contributed by atoms with E-state index in [1.54, 1.807) is 12.1 Å². The molecule has 1 aromatic rings. The molecular formula is C18H24N2O5. The molecule has 0 radical (unpaired) electrons. The first-order valence-electron chi connectivity index (χ1n) is 8.47. The van der Waals surface area contributed by atoms with E-state index in [0.717, 1.165) is 25.7 Å². The summed E-state index contributed by atoms with van der Waals surface area (Å²) in [6, 6.07) is 5.69. The fraction of sp³-hybridized carbons (Fsp3) is 0.500. The zero-order chi connectivity index (χ0) is 18.2. The van der Waals surface area contributed by atoms with E-state index < -0.39 is 24.5 Å². The van der Waals surface area contributed by atoms with Gasteiger partial charge in [-0.1, -0.05) is 31.9 Å². The lowest BCUT2D eigenvalue weighted by atomic mass is 9.86. The molecular weight excluding hydrogens is 324 g/mol. The van der Waals surface area contributed by atoms with Crippen LogP contribution in [0.25, 0.3) is 0 Å². The molecule has 1 saturated carbocycles. The van der Waals surface area contributed by atoms with E-state index in [2.05, 4.69) is 17.6 Å². The minimum Gasteiger partial charge on any atom is -0.452 e. The van der Waals surface area contributed by atoms with Crippen molar-refractivity contribution in [1.82, 2.24) is 10.6 Å². The van der Waals surface area contributed by atoms with Crippen LogP contribution in [0.4, 0.5) is 4.79 Å². The van der Waals surface area contributed by atoms with Crippen molar-refractivity contribution in [2.24, 2.45) is 5.92 Å². The molecule has 1 aromatic carbocycles. The molecule has 25 heavy (non-hydrogen) atoms. The highest BCUT2D eigenvalue weighted by atomic mass is 16.5. The first-order chi connectivity index (χ1) is 12.0. The maximum atomic E-state index is 11.8. The lowest BCUT2D eigenvalue weighted by Gasteiger charge is -2.29. The van der Waals surface area contributed by atoms with Crippen LogP contribution in [0, 0.1) is 5.92 Å². The fourth-order valence-electron chi connectivity index (χ4n) is 2.86. The summed E-state index contributed by atoms with van der Waals surface area (Å²) in [4.78, 5) is 35.4. The van der Waals surface area contributed by atoms with Crippen molar-refractivity contribution in [2.75, 3.05) is 6.61 Å². The van der Waals surface area contributed by atoms with Crippen molar-refractivity contribution in [3.63, 3.8) is 0 Å². The van der Waals surface area contributed by atoms with Crippen LogP contribution in [0.5, 0.6) is 0 Å². The van der Waals surface area contributed by atoms with E-state index in [4.69, 9.17) is 9.84 Å². The molecule has 7 nitrogen and oxygen atoms in total. The number of urea groups is 1. The predicted molar refractivity (Wildman–Crippen MR) is 90.7 cm³/mol. The van der Waals surface area contributed by atoms with Crippen LogP contribution in [-0.2, 0) is 16.1 Å². The van der Waals surface area contributed by atoms with Gasteiger partial charge in [0, 0.05) is 6.04 Å². The number of hydrogen-bond acceptors (Lipinski definition) is 5. The molecule has 0 aromatic heterocycles. The number of esters is 1. The number of aliphatic hydroxyl groups excluding tert-OH is 1. The molecule has 0 saturated heterocycles. The Hall–Kier alpha value is -2.41. The highest BCUT2D eigenvalue weighted by Gasteiger charge is 2.23. The first-order valence-corrected chi connectivity index (χ1v) is 8.47. The molecule has 0 aliphatic heterocycles.